The van der Waals surface area contributed by atoms with E-state index in [9.17, 15) is 9.59 Å². The van der Waals surface area contributed by atoms with Gasteiger partial charge in [-0.15, -0.1) is 0 Å². The zero-order valence-electron chi connectivity index (χ0n) is 18.5. The molecule has 0 aliphatic carbocycles. The number of fused-ring (bicyclic) bond motifs is 1. The number of amides is 1. The summed E-state index contributed by atoms with van der Waals surface area (Å²) >= 11 is 0. The number of ether oxygens (including phenoxy) is 3. The third-order valence-corrected chi connectivity index (χ3v) is 5.14. The van der Waals surface area contributed by atoms with Crippen LogP contribution in [0.3, 0.4) is 0 Å². The number of quaternary nitrogens is 1. The number of anilines is 1. The number of benzene rings is 2. The van der Waals surface area contributed by atoms with Crippen molar-refractivity contribution in [1.82, 2.24) is 0 Å². The molecule has 1 amide bonds. The van der Waals surface area contributed by atoms with E-state index in [1.54, 1.807) is 31.2 Å². The van der Waals surface area contributed by atoms with E-state index in [0.29, 0.717) is 37.6 Å². The molecule has 0 spiro atoms. The molecule has 2 N–H and O–H groups in total. The summed E-state index contributed by atoms with van der Waals surface area (Å²) in [6.07, 6.45) is 0.888. The van der Waals surface area contributed by atoms with Gasteiger partial charge in [-0.1, -0.05) is 0 Å². The lowest BCUT2D eigenvalue weighted by Crippen LogP contribution is -3.12. The molecule has 0 saturated carbocycles. The first-order valence-electron chi connectivity index (χ1n) is 10.9. The molecule has 1 aliphatic rings. The van der Waals surface area contributed by atoms with Gasteiger partial charge < -0.3 is 24.4 Å². The molecule has 0 saturated heterocycles. The van der Waals surface area contributed by atoms with Gasteiger partial charge in [-0.25, -0.2) is 4.79 Å². The van der Waals surface area contributed by atoms with Crippen molar-refractivity contribution in [2.45, 2.75) is 33.7 Å². The number of esters is 1. The molecule has 0 aromatic heterocycles. The van der Waals surface area contributed by atoms with Crippen LogP contribution in [0.4, 0.5) is 5.69 Å². The molecule has 7 nitrogen and oxygen atoms in total. The lowest BCUT2D eigenvalue weighted by Gasteiger charge is -2.26. The molecule has 0 radical (unpaired) electrons. The van der Waals surface area contributed by atoms with Gasteiger partial charge in [-0.05, 0) is 62.7 Å². The van der Waals surface area contributed by atoms with Gasteiger partial charge in [0.15, 0.2) is 18.0 Å². The maximum absolute atomic E-state index is 12.6. The van der Waals surface area contributed by atoms with E-state index < -0.39 is 0 Å². The Morgan fingerprint density at radius 1 is 0.935 bits per heavy atom. The predicted octanol–water partition coefficient (Wildman–Crippen LogP) is 2.24. The van der Waals surface area contributed by atoms with Gasteiger partial charge in [-0.2, -0.15) is 0 Å². The summed E-state index contributed by atoms with van der Waals surface area (Å²) in [5.74, 6) is 1.13. The maximum Gasteiger partial charge on any atom is 0.338 e. The van der Waals surface area contributed by atoms with Crippen molar-refractivity contribution in [1.29, 1.82) is 0 Å². The van der Waals surface area contributed by atoms with Gasteiger partial charge in [0.05, 0.1) is 31.9 Å². The second kappa shape index (κ2) is 10.8. The van der Waals surface area contributed by atoms with Gasteiger partial charge in [-0.3, -0.25) is 4.79 Å². The summed E-state index contributed by atoms with van der Waals surface area (Å²) in [6, 6.07) is 10.9. The SMILES string of the molecule is CCOC(=O)c1ccc(NC(=O)C[NH+]2CCc3cc(OCC)c(OCC)cc3C2)cc1. The topological polar surface area (TPSA) is 78.3 Å². The van der Waals surface area contributed by atoms with Crippen molar-refractivity contribution in [3.8, 4) is 11.5 Å². The van der Waals surface area contributed by atoms with Crippen molar-refractivity contribution < 1.29 is 28.7 Å². The van der Waals surface area contributed by atoms with Crippen LogP contribution >= 0.6 is 0 Å². The smallest absolute Gasteiger partial charge is 0.338 e. The Hall–Kier alpha value is -3.06. The number of nitrogens with one attached hydrogen (secondary N) is 2. The number of carbonyl (C=O) groups excluding carboxylic acids is 2. The molecule has 1 heterocycles. The van der Waals surface area contributed by atoms with Crippen LogP contribution < -0.4 is 19.7 Å². The van der Waals surface area contributed by atoms with Gasteiger partial charge in [0.25, 0.3) is 5.91 Å². The Kier molecular flexibility index (Phi) is 7.89. The zero-order valence-corrected chi connectivity index (χ0v) is 18.5. The van der Waals surface area contributed by atoms with E-state index in [2.05, 4.69) is 17.4 Å². The van der Waals surface area contributed by atoms with E-state index in [1.807, 2.05) is 13.8 Å². The monoisotopic (exact) mass is 427 g/mol. The number of hydrogen-bond acceptors (Lipinski definition) is 5. The molecule has 2 aromatic carbocycles. The third kappa shape index (κ3) is 5.98. The Balaban J connectivity index is 1.60. The van der Waals surface area contributed by atoms with E-state index in [4.69, 9.17) is 14.2 Å². The minimum atomic E-state index is -0.365. The average molecular weight is 428 g/mol. The predicted molar refractivity (Wildman–Crippen MR) is 118 cm³/mol. The zero-order chi connectivity index (χ0) is 22.2. The molecule has 0 bridgehead atoms. The summed E-state index contributed by atoms with van der Waals surface area (Å²) < 4.78 is 16.4. The summed E-state index contributed by atoms with van der Waals surface area (Å²) in [5, 5.41) is 2.91. The van der Waals surface area contributed by atoms with E-state index in [1.165, 1.54) is 16.0 Å². The molecule has 0 fully saturated rings. The molecular formula is C24H31N2O5+. The minimum absolute atomic E-state index is 0.0571. The van der Waals surface area contributed by atoms with Gasteiger partial charge >= 0.3 is 5.97 Å². The Morgan fingerprint density at radius 3 is 2.19 bits per heavy atom. The number of rotatable bonds is 9. The highest BCUT2D eigenvalue weighted by molar-refractivity contribution is 5.93. The summed E-state index contributed by atoms with van der Waals surface area (Å²) in [5.41, 5.74) is 3.58. The van der Waals surface area contributed by atoms with Gasteiger partial charge in [0.2, 0.25) is 0 Å². The molecule has 1 atom stereocenters. The van der Waals surface area contributed by atoms with Crippen LogP contribution in [-0.2, 0) is 22.5 Å². The normalized spacial score (nSPS) is 15.0. The molecular weight excluding hydrogens is 396 g/mol. The quantitative estimate of drug-likeness (QED) is 0.600. The number of hydrogen-bond donors (Lipinski definition) is 2. The summed E-state index contributed by atoms with van der Waals surface area (Å²) in [6.45, 7) is 9.20. The Bertz CT molecular complexity index is 911. The van der Waals surface area contributed by atoms with Crippen molar-refractivity contribution in [3.05, 3.63) is 53.1 Å². The number of carbonyl (C=O) groups is 2. The van der Waals surface area contributed by atoms with Crippen molar-refractivity contribution in [2.24, 2.45) is 0 Å². The summed E-state index contributed by atoms with van der Waals surface area (Å²) in [4.78, 5) is 25.5. The van der Waals surface area contributed by atoms with Crippen molar-refractivity contribution >= 4 is 17.6 Å². The molecule has 2 aromatic rings. The van der Waals surface area contributed by atoms with Crippen LogP contribution in [0.15, 0.2) is 36.4 Å². The van der Waals surface area contributed by atoms with Crippen LogP contribution in [0, 0.1) is 0 Å². The molecule has 31 heavy (non-hydrogen) atoms. The Morgan fingerprint density at radius 2 is 1.58 bits per heavy atom. The lowest BCUT2D eigenvalue weighted by atomic mass is 9.98. The van der Waals surface area contributed by atoms with Crippen LogP contribution in [0.25, 0.3) is 0 Å². The van der Waals surface area contributed by atoms with Crippen LogP contribution in [0.1, 0.15) is 42.3 Å². The highest BCUT2D eigenvalue weighted by Gasteiger charge is 2.24. The fourth-order valence-electron chi connectivity index (χ4n) is 3.73. The average Bonchev–Trinajstić information content (AvgIpc) is 2.75. The summed E-state index contributed by atoms with van der Waals surface area (Å²) in [7, 11) is 0. The van der Waals surface area contributed by atoms with Gasteiger partial charge in [0, 0.05) is 17.7 Å². The highest BCUT2D eigenvalue weighted by atomic mass is 16.5. The van der Waals surface area contributed by atoms with Crippen LogP contribution in [0.2, 0.25) is 0 Å². The highest BCUT2D eigenvalue weighted by Crippen LogP contribution is 2.32. The first-order chi connectivity index (χ1) is 15.0. The van der Waals surface area contributed by atoms with E-state index >= 15 is 0 Å². The van der Waals surface area contributed by atoms with Crippen molar-refractivity contribution in [3.63, 3.8) is 0 Å². The Labute approximate surface area is 183 Å². The molecule has 1 unspecified atom stereocenters. The molecule has 166 valence electrons. The van der Waals surface area contributed by atoms with Crippen LogP contribution in [0.5, 0.6) is 11.5 Å². The molecule has 1 aliphatic heterocycles. The van der Waals surface area contributed by atoms with Gasteiger partial charge in [0.1, 0.15) is 6.54 Å². The first kappa shape index (κ1) is 22.6. The second-order valence-electron chi connectivity index (χ2n) is 7.38. The fourth-order valence-corrected chi connectivity index (χ4v) is 3.73. The van der Waals surface area contributed by atoms with E-state index in [0.717, 1.165) is 31.0 Å². The largest absolute Gasteiger partial charge is 0.490 e. The van der Waals surface area contributed by atoms with Crippen molar-refractivity contribution in [2.75, 3.05) is 38.2 Å². The lowest BCUT2D eigenvalue weighted by molar-refractivity contribution is -0.907. The molecule has 7 heteroatoms. The fraction of sp³-hybridized carbons (Fsp3) is 0.417. The first-order valence-corrected chi connectivity index (χ1v) is 10.9. The minimum Gasteiger partial charge on any atom is -0.490 e. The standard InChI is InChI=1S/C24H30N2O5/c1-4-29-21-13-18-11-12-26(15-19(18)14-22(21)30-5-2)16-23(27)25-20-9-7-17(8-10-20)24(28)31-6-3/h7-10,13-14H,4-6,11-12,15-16H2,1-3H3,(H,25,27)/p+1. The van der Waals surface area contributed by atoms with Crippen LogP contribution in [-0.4, -0.2) is 44.8 Å². The third-order valence-electron chi connectivity index (χ3n) is 5.14. The maximum atomic E-state index is 12.6. The molecule has 3 rings (SSSR count). The van der Waals surface area contributed by atoms with E-state index in [-0.39, 0.29) is 11.9 Å². The second-order valence-corrected chi connectivity index (χ2v) is 7.38.